The van der Waals surface area contributed by atoms with Gasteiger partial charge in [0.25, 0.3) is 0 Å². The van der Waals surface area contributed by atoms with Gasteiger partial charge in [-0.1, -0.05) is 18.2 Å². The third-order valence-electron chi connectivity index (χ3n) is 6.51. The zero-order valence-electron chi connectivity index (χ0n) is 20.6. The summed E-state index contributed by atoms with van der Waals surface area (Å²) >= 11 is 2.16. The largest absolute Gasteiger partial charge is 0.482 e. The van der Waals surface area contributed by atoms with Crippen LogP contribution in [-0.2, 0) is 14.3 Å². The zero-order chi connectivity index (χ0) is 25.9. The van der Waals surface area contributed by atoms with E-state index in [4.69, 9.17) is 14.6 Å². The highest BCUT2D eigenvalue weighted by atomic mass is 127. The van der Waals surface area contributed by atoms with Gasteiger partial charge in [-0.2, -0.15) is 0 Å². The number of benzene rings is 1. The maximum absolute atomic E-state index is 13.4. The van der Waals surface area contributed by atoms with Gasteiger partial charge in [0.2, 0.25) is 11.8 Å². The normalized spacial score (nSPS) is 23.6. The van der Waals surface area contributed by atoms with Crippen LogP contribution in [0.15, 0.2) is 48.6 Å². The summed E-state index contributed by atoms with van der Waals surface area (Å²) in [5, 5.41) is 23.3. The number of hydrogen-bond acceptors (Lipinski definition) is 6. The van der Waals surface area contributed by atoms with Crippen LogP contribution in [0.1, 0.15) is 44.9 Å². The minimum atomic E-state index is -1.03. The standard InChI is InChI=1S/C27H37IN2O6/c1-2-3-4-5-12-25(32)30(18-20-9-8-15-35-20)22-16-19(27(34)29-13-14-31)17-24(26(22)33)36-23-11-7-6-10-21(23)28/h2,6-7,10-11,17,20,22,24,26,31,33H,1,3-5,8-9,12-16,18H2,(H,29,34). The van der Waals surface area contributed by atoms with Gasteiger partial charge < -0.3 is 29.9 Å². The Hall–Kier alpha value is -1.95. The van der Waals surface area contributed by atoms with Crippen LogP contribution >= 0.6 is 22.6 Å². The number of halogens is 1. The first-order valence-corrected chi connectivity index (χ1v) is 13.7. The summed E-state index contributed by atoms with van der Waals surface area (Å²) in [5.74, 6) is 0.187. The van der Waals surface area contributed by atoms with Crippen molar-refractivity contribution >= 4 is 34.4 Å². The molecular formula is C27H37IN2O6. The molecule has 1 aliphatic carbocycles. The summed E-state index contributed by atoms with van der Waals surface area (Å²) in [4.78, 5) is 28.0. The molecule has 4 atom stereocenters. The number of carbonyl (C=O) groups excluding carboxylic acids is 2. The van der Waals surface area contributed by atoms with Gasteiger partial charge >= 0.3 is 0 Å². The van der Waals surface area contributed by atoms with Crippen LogP contribution in [-0.4, -0.2) is 77.6 Å². The molecule has 3 rings (SSSR count). The number of nitrogens with zero attached hydrogens (tertiary/aromatic N) is 1. The molecule has 2 amide bonds. The molecule has 3 N–H and O–H groups in total. The van der Waals surface area contributed by atoms with Crippen molar-refractivity contribution in [1.29, 1.82) is 0 Å². The summed E-state index contributed by atoms with van der Waals surface area (Å²) in [7, 11) is 0. The molecule has 0 radical (unpaired) electrons. The number of nitrogens with one attached hydrogen (secondary N) is 1. The van der Waals surface area contributed by atoms with Gasteiger partial charge in [0.1, 0.15) is 18.0 Å². The van der Waals surface area contributed by atoms with E-state index in [0.717, 1.165) is 35.7 Å². The number of allylic oxidation sites excluding steroid dienone is 1. The van der Waals surface area contributed by atoms with Crippen LogP contribution < -0.4 is 10.1 Å². The van der Waals surface area contributed by atoms with Crippen LogP contribution in [0.4, 0.5) is 0 Å². The summed E-state index contributed by atoms with van der Waals surface area (Å²) < 4.78 is 12.9. The molecule has 0 aromatic heterocycles. The molecule has 0 spiro atoms. The van der Waals surface area contributed by atoms with Gasteiger partial charge in [0.15, 0.2) is 0 Å². The van der Waals surface area contributed by atoms with Gasteiger partial charge in [-0.25, -0.2) is 0 Å². The lowest BCUT2D eigenvalue weighted by atomic mass is 9.87. The van der Waals surface area contributed by atoms with E-state index in [9.17, 15) is 14.7 Å². The minimum absolute atomic E-state index is 0.0660. The van der Waals surface area contributed by atoms with E-state index in [-0.39, 0.29) is 37.5 Å². The molecule has 0 saturated carbocycles. The summed E-state index contributed by atoms with van der Waals surface area (Å²) in [6, 6.07) is 6.81. The lowest BCUT2D eigenvalue weighted by molar-refractivity contribution is -0.141. The lowest BCUT2D eigenvalue weighted by Gasteiger charge is -2.41. The first kappa shape index (κ1) is 28.6. The summed E-state index contributed by atoms with van der Waals surface area (Å²) in [6.45, 7) is 4.70. The fourth-order valence-electron chi connectivity index (χ4n) is 4.60. The molecule has 1 aromatic rings. The molecule has 198 valence electrons. The van der Waals surface area contributed by atoms with Gasteiger partial charge in [-0.05, 0) is 72.9 Å². The van der Waals surface area contributed by atoms with Crippen molar-refractivity contribution in [2.45, 2.75) is 69.3 Å². The summed E-state index contributed by atoms with van der Waals surface area (Å²) in [5.41, 5.74) is 0.423. The topological polar surface area (TPSA) is 108 Å². The monoisotopic (exact) mass is 612 g/mol. The van der Waals surface area contributed by atoms with Crippen molar-refractivity contribution in [1.82, 2.24) is 10.2 Å². The van der Waals surface area contributed by atoms with E-state index in [1.165, 1.54) is 0 Å². The predicted octanol–water partition coefficient (Wildman–Crippen LogP) is 2.96. The van der Waals surface area contributed by atoms with Crippen molar-refractivity contribution in [2.75, 3.05) is 26.3 Å². The molecule has 1 aliphatic heterocycles. The Morgan fingerprint density at radius 2 is 2.11 bits per heavy atom. The number of unbranched alkanes of at least 4 members (excludes halogenated alkanes) is 2. The number of ether oxygens (including phenoxy) is 2. The average molecular weight is 613 g/mol. The lowest BCUT2D eigenvalue weighted by Crippen LogP contribution is -2.56. The van der Waals surface area contributed by atoms with E-state index < -0.39 is 18.2 Å². The summed E-state index contributed by atoms with van der Waals surface area (Å²) in [6.07, 6.45) is 6.28. The second kappa shape index (κ2) is 14.7. The quantitative estimate of drug-likeness (QED) is 0.180. The van der Waals surface area contributed by atoms with E-state index >= 15 is 0 Å². The molecule has 1 heterocycles. The molecule has 9 heteroatoms. The smallest absolute Gasteiger partial charge is 0.247 e. The number of hydrogen-bond donors (Lipinski definition) is 3. The molecule has 2 aliphatic rings. The van der Waals surface area contributed by atoms with Crippen LogP contribution in [0.5, 0.6) is 5.75 Å². The van der Waals surface area contributed by atoms with E-state index in [1.54, 1.807) is 11.0 Å². The average Bonchev–Trinajstić information content (AvgIpc) is 3.39. The van der Waals surface area contributed by atoms with E-state index in [1.807, 2.05) is 30.3 Å². The molecule has 4 unspecified atom stereocenters. The van der Waals surface area contributed by atoms with Crippen LogP contribution in [0.25, 0.3) is 0 Å². The fourth-order valence-corrected chi connectivity index (χ4v) is 5.12. The van der Waals surface area contributed by atoms with Crippen molar-refractivity contribution in [3.05, 3.63) is 52.1 Å². The number of aliphatic hydroxyl groups excluding tert-OH is 2. The van der Waals surface area contributed by atoms with Crippen molar-refractivity contribution in [2.24, 2.45) is 0 Å². The Kier molecular flexibility index (Phi) is 11.7. The highest BCUT2D eigenvalue weighted by Gasteiger charge is 2.41. The van der Waals surface area contributed by atoms with Gasteiger partial charge in [0.05, 0.1) is 22.3 Å². The second-order valence-corrected chi connectivity index (χ2v) is 10.3. The molecule has 1 aromatic carbocycles. The zero-order valence-corrected chi connectivity index (χ0v) is 22.8. The number of rotatable bonds is 13. The first-order chi connectivity index (χ1) is 17.4. The fraction of sp³-hybridized carbons (Fsp3) is 0.556. The van der Waals surface area contributed by atoms with Crippen molar-refractivity contribution in [3.8, 4) is 5.75 Å². The Morgan fingerprint density at radius 3 is 2.81 bits per heavy atom. The van der Waals surface area contributed by atoms with Crippen molar-refractivity contribution < 1.29 is 29.3 Å². The Balaban J connectivity index is 1.87. The second-order valence-electron chi connectivity index (χ2n) is 9.16. The maximum atomic E-state index is 13.4. The van der Waals surface area contributed by atoms with Gasteiger partial charge in [-0.15, -0.1) is 6.58 Å². The van der Waals surface area contributed by atoms with Crippen molar-refractivity contribution in [3.63, 3.8) is 0 Å². The number of para-hydroxylation sites is 1. The van der Waals surface area contributed by atoms with Crippen LogP contribution in [0.3, 0.4) is 0 Å². The van der Waals surface area contributed by atoms with Gasteiger partial charge in [-0.3, -0.25) is 9.59 Å². The predicted molar refractivity (Wildman–Crippen MR) is 146 cm³/mol. The highest BCUT2D eigenvalue weighted by Crippen LogP contribution is 2.31. The number of aliphatic hydroxyl groups is 2. The Labute approximate surface area is 226 Å². The third-order valence-corrected chi connectivity index (χ3v) is 7.40. The van der Waals surface area contributed by atoms with Crippen LogP contribution in [0, 0.1) is 3.57 Å². The molecule has 0 bridgehead atoms. The van der Waals surface area contributed by atoms with Gasteiger partial charge in [0, 0.05) is 38.1 Å². The molecular weight excluding hydrogens is 575 g/mol. The molecule has 8 nitrogen and oxygen atoms in total. The Morgan fingerprint density at radius 1 is 1.31 bits per heavy atom. The molecule has 36 heavy (non-hydrogen) atoms. The van der Waals surface area contributed by atoms with Crippen LogP contribution in [0.2, 0.25) is 0 Å². The van der Waals surface area contributed by atoms with E-state index in [2.05, 4.69) is 34.5 Å². The Bertz CT molecular complexity index is 917. The first-order valence-electron chi connectivity index (χ1n) is 12.7. The SMILES string of the molecule is C=CCCCCC(=O)N(CC1CCCO1)C1CC(C(=O)NCCO)=CC(Oc2ccccc2I)C1O. The third kappa shape index (κ3) is 8.03. The van der Waals surface area contributed by atoms with E-state index in [0.29, 0.717) is 30.9 Å². The highest BCUT2D eigenvalue weighted by molar-refractivity contribution is 14.1. The molecule has 1 saturated heterocycles. The number of amides is 2. The minimum Gasteiger partial charge on any atom is -0.482 e. The number of carbonyl (C=O) groups is 2. The molecule has 1 fully saturated rings. The maximum Gasteiger partial charge on any atom is 0.247 e.